The van der Waals surface area contributed by atoms with Crippen LogP contribution in [0.3, 0.4) is 0 Å². The number of aromatic hydroxyl groups is 1. The van der Waals surface area contributed by atoms with Crippen molar-refractivity contribution in [2.45, 2.75) is 13.5 Å². The second-order valence-electron chi connectivity index (χ2n) is 3.36. The van der Waals surface area contributed by atoms with Crippen molar-refractivity contribution in [3.8, 4) is 17.2 Å². The predicted octanol–water partition coefficient (Wildman–Crippen LogP) is 1.81. The molecule has 0 fully saturated rings. The van der Waals surface area contributed by atoms with Crippen LogP contribution in [0.4, 0.5) is 0 Å². The molecule has 0 bridgehead atoms. The van der Waals surface area contributed by atoms with Crippen LogP contribution in [0.15, 0.2) is 28.8 Å². The molecule has 1 heterocycles. The number of nitrogens with two attached hydrogens (primary N) is 1. The molecule has 0 saturated carbocycles. The third kappa shape index (κ3) is 1.71. The predicted molar refractivity (Wildman–Crippen MR) is 56.2 cm³/mol. The molecule has 0 spiro atoms. The van der Waals surface area contributed by atoms with E-state index in [1.165, 1.54) is 0 Å². The monoisotopic (exact) mass is 204 g/mol. The van der Waals surface area contributed by atoms with E-state index in [0.717, 1.165) is 11.1 Å². The van der Waals surface area contributed by atoms with Crippen LogP contribution in [0.25, 0.3) is 11.3 Å². The third-order valence-electron chi connectivity index (χ3n) is 2.35. The van der Waals surface area contributed by atoms with Crippen molar-refractivity contribution in [2.75, 3.05) is 0 Å². The Kier molecular flexibility index (Phi) is 2.43. The second-order valence-corrected chi connectivity index (χ2v) is 3.36. The molecule has 78 valence electrons. The maximum Gasteiger partial charge on any atom is 0.255 e. The normalized spacial score (nSPS) is 10.5. The number of rotatable bonds is 2. The molecule has 0 saturated heterocycles. The maximum atomic E-state index is 9.28. The fraction of sp³-hybridized carbons (Fsp3) is 0.182. The smallest absolute Gasteiger partial charge is 0.255 e. The Morgan fingerprint density at radius 1 is 1.33 bits per heavy atom. The second kappa shape index (κ2) is 3.74. The number of hydrogen-bond donors (Lipinski definition) is 2. The van der Waals surface area contributed by atoms with Gasteiger partial charge in [-0.2, -0.15) is 0 Å². The molecule has 15 heavy (non-hydrogen) atoms. The van der Waals surface area contributed by atoms with Crippen molar-refractivity contribution in [2.24, 2.45) is 5.73 Å². The Morgan fingerprint density at radius 3 is 2.47 bits per heavy atom. The third-order valence-corrected chi connectivity index (χ3v) is 2.35. The van der Waals surface area contributed by atoms with E-state index < -0.39 is 0 Å². The van der Waals surface area contributed by atoms with Crippen LogP contribution >= 0.6 is 0 Å². The van der Waals surface area contributed by atoms with Gasteiger partial charge in [0.2, 0.25) is 0 Å². The lowest BCUT2D eigenvalue weighted by molar-refractivity contribution is 0.365. The zero-order valence-electron chi connectivity index (χ0n) is 8.40. The maximum absolute atomic E-state index is 9.28. The molecule has 0 amide bonds. The first kappa shape index (κ1) is 9.73. The van der Waals surface area contributed by atoms with E-state index in [4.69, 9.17) is 10.3 Å². The van der Waals surface area contributed by atoms with Crippen molar-refractivity contribution < 1.29 is 9.63 Å². The van der Waals surface area contributed by atoms with Gasteiger partial charge in [-0.05, 0) is 17.6 Å². The van der Waals surface area contributed by atoms with E-state index in [9.17, 15) is 5.11 Å². The topological polar surface area (TPSA) is 72.3 Å². The number of aromatic nitrogens is 1. The zero-order chi connectivity index (χ0) is 10.8. The van der Waals surface area contributed by atoms with E-state index in [1.807, 2.05) is 24.3 Å². The first-order valence-electron chi connectivity index (χ1n) is 4.67. The van der Waals surface area contributed by atoms with Gasteiger partial charge in [-0.1, -0.05) is 24.3 Å². The molecular formula is C11H12N2O2. The number of hydrogen-bond acceptors (Lipinski definition) is 4. The lowest BCUT2D eigenvalue weighted by Gasteiger charge is -1.99. The van der Waals surface area contributed by atoms with E-state index in [2.05, 4.69) is 5.16 Å². The van der Waals surface area contributed by atoms with Gasteiger partial charge in [-0.15, -0.1) is 0 Å². The van der Waals surface area contributed by atoms with Gasteiger partial charge in [0.05, 0.1) is 5.56 Å². The minimum atomic E-state index is -0.0621. The Morgan fingerprint density at radius 2 is 2.00 bits per heavy atom. The fourth-order valence-corrected chi connectivity index (χ4v) is 1.39. The van der Waals surface area contributed by atoms with E-state index >= 15 is 0 Å². The highest BCUT2D eigenvalue weighted by Gasteiger charge is 2.12. The van der Waals surface area contributed by atoms with Crippen molar-refractivity contribution in [3.05, 3.63) is 35.4 Å². The summed E-state index contributed by atoms with van der Waals surface area (Å²) in [7, 11) is 0. The van der Waals surface area contributed by atoms with Crippen LogP contribution in [-0.4, -0.2) is 10.3 Å². The van der Waals surface area contributed by atoms with Crippen LogP contribution < -0.4 is 5.73 Å². The molecule has 0 aliphatic rings. The largest absolute Gasteiger partial charge is 0.491 e. The molecule has 2 rings (SSSR count). The highest BCUT2D eigenvalue weighted by atomic mass is 16.5. The molecule has 0 atom stereocenters. The first-order valence-corrected chi connectivity index (χ1v) is 4.67. The van der Waals surface area contributed by atoms with Crippen LogP contribution in [-0.2, 0) is 6.54 Å². The van der Waals surface area contributed by atoms with Crippen molar-refractivity contribution in [3.63, 3.8) is 0 Å². The quantitative estimate of drug-likeness (QED) is 0.782. The van der Waals surface area contributed by atoms with Crippen LogP contribution in [0.5, 0.6) is 5.88 Å². The van der Waals surface area contributed by atoms with E-state index in [0.29, 0.717) is 17.9 Å². The molecule has 1 aromatic heterocycles. The summed E-state index contributed by atoms with van der Waals surface area (Å²) in [6, 6.07) is 7.65. The van der Waals surface area contributed by atoms with Crippen molar-refractivity contribution >= 4 is 0 Å². The summed E-state index contributed by atoms with van der Waals surface area (Å²) in [6.45, 7) is 2.28. The molecule has 0 radical (unpaired) electrons. The summed E-state index contributed by atoms with van der Waals surface area (Å²) in [5, 5.41) is 12.8. The molecule has 2 aromatic rings. The van der Waals surface area contributed by atoms with Crippen LogP contribution in [0, 0.1) is 6.92 Å². The molecule has 4 nitrogen and oxygen atoms in total. The van der Waals surface area contributed by atoms with Gasteiger partial charge < -0.3 is 15.4 Å². The van der Waals surface area contributed by atoms with E-state index in [-0.39, 0.29) is 5.88 Å². The standard InChI is InChI=1S/C11H12N2O2/c1-7-10(15-13-11(7)14)9-4-2-8(6-12)3-5-9/h2-5H,6,12H2,1H3,(H,13,14). The molecular weight excluding hydrogens is 192 g/mol. The molecule has 1 aromatic carbocycles. The van der Waals surface area contributed by atoms with Gasteiger partial charge in [0, 0.05) is 12.1 Å². The lowest BCUT2D eigenvalue weighted by atomic mass is 10.1. The Bertz CT molecular complexity index is 460. The average molecular weight is 204 g/mol. The molecule has 0 aliphatic heterocycles. The fourth-order valence-electron chi connectivity index (χ4n) is 1.39. The van der Waals surface area contributed by atoms with E-state index in [1.54, 1.807) is 6.92 Å². The zero-order valence-corrected chi connectivity index (χ0v) is 8.40. The Labute approximate surface area is 87.3 Å². The molecule has 4 heteroatoms. The van der Waals surface area contributed by atoms with Crippen molar-refractivity contribution in [1.29, 1.82) is 0 Å². The van der Waals surface area contributed by atoms with Crippen molar-refractivity contribution in [1.82, 2.24) is 5.16 Å². The summed E-state index contributed by atoms with van der Waals surface area (Å²) in [5.74, 6) is 0.531. The average Bonchev–Trinajstić information content (AvgIpc) is 2.60. The number of nitrogens with zero attached hydrogens (tertiary/aromatic N) is 1. The van der Waals surface area contributed by atoms with Crippen LogP contribution in [0.1, 0.15) is 11.1 Å². The Hall–Kier alpha value is -1.81. The number of benzene rings is 1. The van der Waals surface area contributed by atoms with Gasteiger partial charge in [0.15, 0.2) is 5.76 Å². The summed E-state index contributed by atoms with van der Waals surface area (Å²) < 4.78 is 5.02. The lowest BCUT2D eigenvalue weighted by Crippen LogP contribution is -1.95. The Balaban J connectivity index is 2.41. The van der Waals surface area contributed by atoms with Crippen LogP contribution in [0.2, 0.25) is 0 Å². The van der Waals surface area contributed by atoms with Gasteiger partial charge >= 0.3 is 0 Å². The molecule has 3 N–H and O–H groups in total. The summed E-state index contributed by atoms with van der Waals surface area (Å²) in [5.41, 5.74) is 8.09. The van der Waals surface area contributed by atoms with Gasteiger partial charge in [-0.3, -0.25) is 0 Å². The SMILES string of the molecule is Cc1c(O)noc1-c1ccc(CN)cc1. The minimum Gasteiger partial charge on any atom is -0.491 e. The molecule has 0 aliphatic carbocycles. The highest BCUT2D eigenvalue weighted by Crippen LogP contribution is 2.28. The minimum absolute atomic E-state index is 0.0621. The summed E-state index contributed by atoms with van der Waals surface area (Å²) in [6.07, 6.45) is 0. The van der Waals surface area contributed by atoms with Gasteiger partial charge in [-0.25, -0.2) is 0 Å². The first-order chi connectivity index (χ1) is 7.22. The summed E-state index contributed by atoms with van der Waals surface area (Å²) in [4.78, 5) is 0. The van der Waals surface area contributed by atoms with Gasteiger partial charge in [0.1, 0.15) is 0 Å². The molecule has 0 unspecified atom stereocenters. The highest BCUT2D eigenvalue weighted by molar-refractivity contribution is 5.62. The van der Waals surface area contributed by atoms with Gasteiger partial charge in [0.25, 0.3) is 5.88 Å². The summed E-state index contributed by atoms with van der Waals surface area (Å²) >= 11 is 0.